The van der Waals surface area contributed by atoms with Crippen LogP contribution in [0.3, 0.4) is 0 Å². The number of ether oxygens (including phenoxy) is 2. The Kier molecular flexibility index (Phi) is 5.96. The molecule has 0 aromatic rings. The minimum atomic E-state index is -1.75. The molecule has 1 heterocycles. The smallest absolute Gasteiger partial charge is 0.335 e. The van der Waals surface area contributed by atoms with E-state index in [0.29, 0.717) is 25.7 Å². The number of aliphatic carboxylic acids is 1. The number of rotatable bonds is 3. The van der Waals surface area contributed by atoms with Crippen molar-refractivity contribution in [1.82, 2.24) is 0 Å². The third-order valence-corrected chi connectivity index (χ3v) is 10.2. The number of fused-ring (bicyclic) bond motifs is 5. The lowest BCUT2D eigenvalue weighted by Gasteiger charge is -2.59. The molecule has 1 aliphatic heterocycles. The lowest BCUT2D eigenvalue weighted by molar-refractivity contribution is -0.309. The van der Waals surface area contributed by atoms with E-state index in [-0.39, 0.29) is 46.8 Å². The summed E-state index contributed by atoms with van der Waals surface area (Å²) in [7, 11) is 0. The van der Waals surface area contributed by atoms with E-state index in [0.717, 1.165) is 25.7 Å². The third-order valence-electron chi connectivity index (χ3n) is 10.2. The summed E-state index contributed by atoms with van der Waals surface area (Å²) in [6.07, 6.45) is -2.69. The Bertz CT molecular complexity index is 874. The zero-order valence-corrected chi connectivity index (χ0v) is 19.8. The first-order valence-corrected chi connectivity index (χ1v) is 12.6. The predicted molar refractivity (Wildman–Crippen MR) is 116 cm³/mol. The lowest BCUT2D eigenvalue weighted by Crippen LogP contribution is -2.61. The summed E-state index contributed by atoms with van der Waals surface area (Å²) < 4.78 is 11.3. The molecule has 9 heteroatoms. The minimum absolute atomic E-state index is 0.0546. The van der Waals surface area contributed by atoms with Gasteiger partial charge in [0.25, 0.3) is 0 Å². The van der Waals surface area contributed by atoms with Crippen LogP contribution in [0.5, 0.6) is 0 Å². The Hall–Kier alpha value is -1.39. The second-order valence-corrected chi connectivity index (χ2v) is 11.8. The first-order valence-electron chi connectivity index (χ1n) is 12.6. The van der Waals surface area contributed by atoms with Gasteiger partial charge >= 0.3 is 5.97 Å². The number of aliphatic hydroxyl groups excluding tert-OH is 3. The van der Waals surface area contributed by atoms with E-state index >= 15 is 0 Å². The van der Waals surface area contributed by atoms with Gasteiger partial charge in [-0.1, -0.05) is 13.8 Å². The Morgan fingerprint density at radius 3 is 2.47 bits per heavy atom. The molecule has 5 aliphatic rings. The zero-order valence-electron chi connectivity index (χ0n) is 19.8. The van der Waals surface area contributed by atoms with Gasteiger partial charge in [0, 0.05) is 24.2 Å². The van der Waals surface area contributed by atoms with Gasteiger partial charge in [-0.25, -0.2) is 4.79 Å². The molecule has 9 nitrogen and oxygen atoms in total. The maximum atomic E-state index is 13.4. The van der Waals surface area contributed by atoms with Crippen LogP contribution in [-0.4, -0.2) is 74.8 Å². The quantitative estimate of drug-likeness (QED) is 0.435. The van der Waals surface area contributed by atoms with Crippen molar-refractivity contribution < 1.29 is 44.3 Å². The highest BCUT2D eigenvalue weighted by Crippen LogP contribution is 2.64. The molecule has 0 radical (unpaired) electrons. The highest BCUT2D eigenvalue weighted by Gasteiger charge is 2.63. The van der Waals surface area contributed by atoms with Crippen molar-refractivity contribution in [2.24, 2.45) is 34.5 Å². The largest absolute Gasteiger partial charge is 0.479 e. The number of carbonyl (C=O) groups excluding carboxylic acids is 2. The van der Waals surface area contributed by atoms with Gasteiger partial charge in [-0.2, -0.15) is 0 Å². The number of hydrogen-bond donors (Lipinski definition) is 4. The summed E-state index contributed by atoms with van der Waals surface area (Å²) in [5.74, 6) is -0.279. The predicted octanol–water partition coefficient (Wildman–Crippen LogP) is 1.05. The molecule has 34 heavy (non-hydrogen) atoms. The average molecular weight is 481 g/mol. The molecule has 4 N–H and O–H groups in total. The Morgan fingerprint density at radius 2 is 1.76 bits per heavy atom. The standard InChI is InChI=1S/C25H36O9/c1-24-8-7-12(33-23-20(30)18(28)19(29)21(34-23)22(31)32)9-11(24)3-4-13-14-5-6-16(27)25(14,2)10-15(26)17(13)24/h11-14,17-21,23,28-30H,3-10H2,1-2H3,(H,31,32). The second kappa shape index (κ2) is 8.34. The summed E-state index contributed by atoms with van der Waals surface area (Å²) in [4.78, 5) is 37.4. The Morgan fingerprint density at radius 1 is 1.03 bits per heavy atom. The second-order valence-electron chi connectivity index (χ2n) is 11.8. The van der Waals surface area contributed by atoms with E-state index in [2.05, 4.69) is 6.92 Å². The van der Waals surface area contributed by atoms with E-state index in [9.17, 15) is 34.8 Å². The molecule has 190 valence electrons. The fourth-order valence-corrected chi connectivity index (χ4v) is 8.29. The number of aliphatic hydroxyl groups is 3. The fraction of sp³-hybridized carbons (Fsp3) is 0.880. The highest BCUT2D eigenvalue weighted by molar-refractivity contribution is 5.95. The number of ketones is 2. The maximum absolute atomic E-state index is 13.4. The van der Waals surface area contributed by atoms with Crippen molar-refractivity contribution in [3.05, 3.63) is 0 Å². The molecule has 0 aromatic carbocycles. The topological polar surface area (TPSA) is 151 Å². The molecular weight excluding hydrogens is 444 g/mol. The van der Waals surface area contributed by atoms with Crippen LogP contribution in [0.4, 0.5) is 0 Å². The molecule has 1 saturated heterocycles. The van der Waals surface area contributed by atoms with Gasteiger partial charge in [0.05, 0.1) is 6.10 Å². The molecule has 0 bridgehead atoms. The van der Waals surface area contributed by atoms with E-state index in [1.807, 2.05) is 6.92 Å². The van der Waals surface area contributed by atoms with Gasteiger partial charge in [-0.3, -0.25) is 9.59 Å². The van der Waals surface area contributed by atoms with Crippen molar-refractivity contribution in [3.63, 3.8) is 0 Å². The van der Waals surface area contributed by atoms with Crippen LogP contribution in [0.1, 0.15) is 65.2 Å². The van der Waals surface area contributed by atoms with Crippen LogP contribution >= 0.6 is 0 Å². The summed E-state index contributed by atoms with van der Waals surface area (Å²) in [6, 6.07) is 0. The van der Waals surface area contributed by atoms with E-state index in [1.54, 1.807) is 0 Å². The molecule has 0 aromatic heterocycles. The van der Waals surface area contributed by atoms with E-state index in [1.165, 1.54) is 0 Å². The summed E-state index contributed by atoms with van der Waals surface area (Å²) in [5.41, 5.74) is -0.680. The van der Waals surface area contributed by atoms with Gasteiger partial charge in [0.2, 0.25) is 0 Å². The van der Waals surface area contributed by atoms with Crippen LogP contribution in [-0.2, 0) is 23.9 Å². The van der Waals surface area contributed by atoms with E-state index < -0.39 is 42.1 Å². The van der Waals surface area contributed by atoms with Crippen molar-refractivity contribution >= 4 is 17.5 Å². The molecule has 0 spiro atoms. The van der Waals surface area contributed by atoms with Crippen molar-refractivity contribution in [2.75, 3.05) is 0 Å². The maximum Gasteiger partial charge on any atom is 0.335 e. The summed E-state index contributed by atoms with van der Waals surface area (Å²) >= 11 is 0. The molecule has 12 unspecified atom stereocenters. The Balaban J connectivity index is 1.30. The van der Waals surface area contributed by atoms with Gasteiger partial charge in [0.1, 0.15) is 29.9 Å². The van der Waals surface area contributed by atoms with Gasteiger partial charge in [-0.15, -0.1) is 0 Å². The van der Waals surface area contributed by atoms with Crippen LogP contribution in [0.15, 0.2) is 0 Å². The number of carboxylic acids is 1. The Labute approximate surface area is 198 Å². The molecular formula is C25H36O9. The molecule has 12 atom stereocenters. The highest BCUT2D eigenvalue weighted by atomic mass is 16.7. The molecule has 4 saturated carbocycles. The van der Waals surface area contributed by atoms with Crippen LogP contribution in [0, 0.1) is 34.5 Å². The van der Waals surface area contributed by atoms with Gasteiger partial charge in [0.15, 0.2) is 12.4 Å². The number of carboxylic acid groups (broad SMARTS) is 1. The normalized spacial score (nSPS) is 53.1. The molecule has 5 rings (SSSR count). The van der Waals surface area contributed by atoms with Crippen molar-refractivity contribution in [2.45, 2.75) is 102 Å². The van der Waals surface area contributed by atoms with Gasteiger partial charge in [-0.05, 0) is 61.7 Å². The minimum Gasteiger partial charge on any atom is -0.479 e. The SMILES string of the molecule is CC12CC(=O)C3C(CCC4CC(OC5OC(C(=O)O)C(O)C(O)C5O)CCC43C)C1CCC2=O. The lowest BCUT2D eigenvalue weighted by atomic mass is 9.45. The van der Waals surface area contributed by atoms with Crippen molar-refractivity contribution in [3.8, 4) is 0 Å². The average Bonchev–Trinajstić information content (AvgIpc) is 3.07. The molecule has 4 aliphatic carbocycles. The third kappa shape index (κ3) is 3.50. The van der Waals surface area contributed by atoms with E-state index in [4.69, 9.17) is 9.47 Å². The van der Waals surface area contributed by atoms with Crippen LogP contribution < -0.4 is 0 Å². The first kappa shape index (κ1) is 24.3. The number of carbonyl (C=O) groups is 3. The first-order chi connectivity index (χ1) is 16.0. The zero-order chi connectivity index (χ0) is 24.6. The number of Topliss-reactive ketones (excluding diaryl/α,β-unsaturated/α-hetero) is 2. The molecule has 0 amide bonds. The van der Waals surface area contributed by atoms with Gasteiger partial charge < -0.3 is 29.9 Å². The molecule has 5 fully saturated rings. The summed E-state index contributed by atoms with van der Waals surface area (Å²) in [6.45, 7) is 4.19. The van der Waals surface area contributed by atoms with Crippen LogP contribution in [0.25, 0.3) is 0 Å². The summed E-state index contributed by atoms with van der Waals surface area (Å²) in [5, 5.41) is 39.6. The van der Waals surface area contributed by atoms with Crippen LogP contribution in [0.2, 0.25) is 0 Å². The number of hydrogen-bond acceptors (Lipinski definition) is 8. The fourth-order valence-electron chi connectivity index (χ4n) is 8.29. The van der Waals surface area contributed by atoms with Crippen molar-refractivity contribution in [1.29, 1.82) is 0 Å². The monoisotopic (exact) mass is 480 g/mol.